The van der Waals surface area contributed by atoms with Gasteiger partial charge in [-0.2, -0.15) is 0 Å². The molecule has 5 nitrogen and oxygen atoms in total. The quantitative estimate of drug-likeness (QED) is 0.508. The van der Waals surface area contributed by atoms with E-state index < -0.39 is 17.8 Å². The zero-order valence-electron chi connectivity index (χ0n) is 16.9. The summed E-state index contributed by atoms with van der Waals surface area (Å²) in [4.78, 5) is 26.1. The number of urea groups is 1. The topological polar surface area (TPSA) is 54.3 Å². The molecule has 1 fully saturated rings. The third-order valence-electron chi connectivity index (χ3n) is 5.34. The minimum absolute atomic E-state index is 0.109. The van der Waals surface area contributed by atoms with E-state index in [1.165, 1.54) is 11.6 Å². The number of aromatic nitrogens is 1. The molecule has 1 N–H and O–H groups in total. The Kier molecular flexibility index (Phi) is 5.23. The summed E-state index contributed by atoms with van der Waals surface area (Å²) in [6.45, 7) is 4.61. The van der Waals surface area contributed by atoms with E-state index in [1.54, 1.807) is 24.3 Å². The van der Waals surface area contributed by atoms with Crippen LogP contribution in [0.15, 0.2) is 66.4 Å². The molecule has 0 radical (unpaired) electrons. The van der Waals surface area contributed by atoms with E-state index in [1.807, 2.05) is 38.1 Å². The van der Waals surface area contributed by atoms with Gasteiger partial charge in [-0.25, -0.2) is 9.18 Å². The van der Waals surface area contributed by atoms with Crippen LogP contribution in [0.1, 0.15) is 28.1 Å². The average molecular weight is 403 g/mol. The second-order valence-electron chi connectivity index (χ2n) is 7.37. The number of nitrogens with one attached hydrogen (secondary N) is 1. The van der Waals surface area contributed by atoms with E-state index in [2.05, 4.69) is 22.0 Å². The highest BCUT2D eigenvalue weighted by Crippen LogP contribution is 2.23. The third-order valence-corrected chi connectivity index (χ3v) is 5.34. The van der Waals surface area contributed by atoms with E-state index in [-0.39, 0.29) is 12.2 Å². The molecule has 1 aliphatic heterocycles. The van der Waals surface area contributed by atoms with Crippen LogP contribution in [0.25, 0.3) is 6.08 Å². The Morgan fingerprint density at radius 2 is 1.67 bits per heavy atom. The van der Waals surface area contributed by atoms with Crippen molar-refractivity contribution in [3.8, 4) is 0 Å². The maximum atomic E-state index is 13.9. The Bertz CT molecular complexity index is 1150. The van der Waals surface area contributed by atoms with E-state index in [0.29, 0.717) is 5.56 Å². The molecule has 152 valence electrons. The number of aryl methyl sites for hydroxylation is 1. The lowest BCUT2D eigenvalue weighted by molar-refractivity contribution is -0.123. The molecule has 1 aliphatic rings. The predicted molar refractivity (Wildman–Crippen MR) is 113 cm³/mol. The third kappa shape index (κ3) is 3.76. The summed E-state index contributed by atoms with van der Waals surface area (Å²) in [5.41, 5.74) is 4.58. The van der Waals surface area contributed by atoms with Crippen LogP contribution in [-0.4, -0.2) is 21.4 Å². The molecule has 3 amide bonds. The Labute approximate surface area is 174 Å². The summed E-state index contributed by atoms with van der Waals surface area (Å²) < 4.78 is 16.1. The molecule has 1 saturated heterocycles. The van der Waals surface area contributed by atoms with Crippen molar-refractivity contribution in [2.24, 2.45) is 0 Å². The van der Waals surface area contributed by atoms with Crippen LogP contribution in [-0.2, 0) is 17.9 Å². The number of hydrogen-bond acceptors (Lipinski definition) is 2. The fraction of sp³-hybridized carbons (Fsp3) is 0.167. The molecule has 0 unspecified atom stereocenters. The number of imide groups is 1. The Morgan fingerprint density at radius 1 is 0.967 bits per heavy atom. The van der Waals surface area contributed by atoms with Gasteiger partial charge in [0.2, 0.25) is 0 Å². The first-order valence-electron chi connectivity index (χ1n) is 9.72. The Balaban J connectivity index is 1.58. The number of amides is 3. The highest BCUT2D eigenvalue weighted by molar-refractivity contribution is 6.13. The molecule has 0 aliphatic carbocycles. The van der Waals surface area contributed by atoms with Crippen molar-refractivity contribution < 1.29 is 14.0 Å². The fourth-order valence-corrected chi connectivity index (χ4v) is 3.65. The summed E-state index contributed by atoms with van der Waals surface area (Å²) in [6, 6.07) is 17.7. The number of benzene rings is 2. The van der Waals surface area contributed by atoms with Crippen molar-refractivity contribution in [1.29, 1.82) is 0 Å². The maximum absolute atomic E-state index is 13.9. The lowest BCUT2D eigenvalue weighted by atomic mass is 10.2. The van der Waals surface area contributed by atoms with E-state index in [4.69, 9.17) is 0 Å². The van der Waals surface area contributed by atoms with Gasteiger partial charge in [-0.15, -0.1) is 0 Å². The highest BCUT2D eigenvalue weighted by atomic mass is 19.1. The molecule has 0 spiro atoms. The molecule has 2 aromatic carbocycles. The van der Waals surface area contributed by atoms with Crippen LogP contribution >= 0.6 is 0 Å². The molecule has 4 rings (SSSR count). The summed E-state index contributed by atoms with van der Waals surface area (Å²) in [5.74, 6) is -0.906. The molecule has 0 atom stereocenters. The van der Waals surface area contributed by atoms with Crippen molar-refractivity contribution in [1.82, 2.24) is 14.8 Å². The van der Waals surface area contributed by atoms with Gasteiger partial charge in [-0.1, -0.05) is 48.5 Å². The Morgan fingerprint density at radius 3 is 2.40 bits per heavy atom. The van der Waals surface area contributed by atoms with Gasteiger partial charge in [-0.3, -0.25) is 9.69 Å². The van der Waals surface area contributed by atoms with Crippen molar-refractivity contribution in [3.63, 3.8) is 0 Å². The van der Waals surface area contributed by atoms with Gasteiger partial charge >= 0.3 is 6.03 Å². The van der Waals surface area contributed by atoms with Crippen LogP contribution in [0.4, 0.5) is 9.18 Å². The van der Waals surface area contributed by atoms with Crippen molar-refractivity contribution >= 4 is 18.0 Å². The van der Waals surface area contributed by atoms with Crippen LogP contribution in [0.2, 0.25) is 0 Å². The zero-order chi connectivity index (χ0) is 21.3. The molecule has 1 aromatic heterocycles. The van der Waals surface area contributed by atoms with Crippen molar-refractivity contribution in [3.05, 3.63) is 100 Å². The van der Waals surface area contributed by atoms with Crippen molar-refractivity contribution in [2.75, 3.05) is 0 Å². The fourth-order valence-electron chi connectivity index (χ4n) is 3.65. The van der Waals surface area contributed by atoms with E-state index in [9.17, 15) is 14.0 Å². The van der Waals surface area contributed by atoms with Gasteiger partial charge in [-0.05, 0) is 43.2 Å². The summed E-state index contributed by atoms with van der Waals surface area (Å²) in [6.07, 6.45) is 1.69. The average Bonchev–Trinajstić information content (AvgIpc) is 3.15. The lowest BCUT2D eigenvalue weighted by Crippen LogP contribution is -2.30. The molecule has 6 heteroatoms. The van der Waals surface area contributed by atoms with Crippen LogP contribution < -0.4 is 5.32 Å². The lowest BCUT2D eigenvalue weighted by Gasteiger charge is -2.12. The van der Waals surface area contributed by atoms with E-state index >= 15 is 0 Å². The monoisotopic (exact) mass is 403 g/mol. The zero-order valence-corrected chi connectivity index (χ0v) is 16.9. The number of halogens is 1. The second-order valence-corrected chi connectivity index (χ2v) is 7.37. The summed E-state index contributed by atoms with van der Waals surface area (Å²) >= 11 is 0. The minimum Gasteiger partial charge on any atom is -0.344 e. The first-order valence-corrected chi connectivity index (χ1v) is 9.72. The second kappa shape index (κ2) is 7.99. The van der Waals surface area contributed by atoms with Gasteiger partial charge in [0.25, 0.3) is 5.91 Å². The van der Waals surface area contributed by atoms with Crippen LogP contribution in [0.3, 0.4) is 0 Å². The summed E-state index contributed by atoms with van der Waals surface area (Å²) in [7, 11) is 0. The highest BCUT2D eigenvalue weighted by Gasteiger charge is 2.34. The number of nitrogens with zero attached hydrogens (tertiary/aromatic N) is 2. The largest absolute Gasteiger partial charge is 0.344 e. The smallest absolute Gasteiger partial charge is 0.329 e. The van der Waals surface area contributed by atoms with E-state index in [0.717, 1.165) is 28.4 Å². The SMILES string of the molecule is Cc1cc(C=C2NC(=O)N(Cc3ccccc3F)C2=O)c(C)n1Cc1ccccc1. The molecule has 0 bridgehead atoms. The van der Waals surface area contributed by atoms with Crippen LogP contribution in [0, 0.1) is 19.7 Å². The predicted octanol–water partition coefficient (Wildman–Crippen LogP) is 4.39. The number of carbonyl (C=O) groups excluding carboxylic acids is 2. The van der Waals surface area contributed by atoms with Crippen LogP contribution in [0.5, 0.6) is 0 Å². The number of hydrogen-bond donors (Lipinski definition) is 1. The van der Waals surface area contributed by atoms with Gasteiger partial charge in [0, 0.05) is 23.5 Å². The first-order chi connectivity index (χ1) is 14.4. The maximum Gasteiger partial charge on any atom is 0.329 e. The van der Waals surface area contributed by atoms with Gasteiger partial charge in [0.1, 0.15) is 11.5 Å². The number of carbonyl (C=O) groups is 2. The standard InChI is InChI=1S/C24H22FN3O2/c1-16-12-20(17(2)27(16)14-18-8-4-3-5-9-18)13-22-23(29)28(24(30)26-22)15-19-10-6-7-11-21(19)25/h3-13H,14-15H2,1-2H3,(H,26,30). The minimum atomic E-state index is -0.549. The van der Waals surface area contributed by atoms with Gasteiger partial charge in [0.05, 0.1) is 6.54 Å². The molecule has 3 aromatic rings. The van der Waals surface area contributed by atoms with Crippen molar-refractivity contribution in [2.45, 2.75) is 26.9 Å². The van der Waals surface area contributed by atoms with Gasteiger partial charge < -0.3 is 9.88 Å². The molecular formula is C24H22FN3O2. The normalized spacial score (nSPS) is 15.2. The molecule has 0 saturated carbocycles. The molecular weight excluding hydrogens is 381 g/mol. The Hall–Kier alpha value is -3.67. The first kappa shape index (κ1) is 19.6. The summed E-state index contributed by atoms with van der Waals surface area (Å²) in [5, 5.41) is 2.61. The number of rotatable bonds is 5. The van der Waals surface area contributed by atoms with Gasteiger partial charge in [0.15, 0.2) is 0 Å². The molecule has 2 heterocycles. The molecule has 30 heavy (non-hydrogen) atoms.